The number of ether oxygens (including phenoxy) is 2. The zero-order valence-electron chi connectivity index (χ0n) is 11.8. The van der Waals surface area contributed by atoms with Crippen LogP contribution in [0.3, 0.4) is 0 Å². The van der Waals surface area contributed by atoms with Crippen LogP contribution in [0.5, 0.6) is 11.5 Å². The molecule has 0 radical (unpaired) electrons. The Morgan fingerprint density at radius 1 is 1.09 bits per heavy atom. The first-order valence-corrected chi connectivity index (χ1v) is 7.93. The first-order valence-electron chi connectivity index (χ1n) is 6.07. The zero-order valence-corrected chi connectivity index (χ0v) is 13.3. The Kier molecular flexibility index (Phi) is 4.77. The van der Waals surface area contributed by atoms with Crippen molar-refractivity contribution in [2.45, 2.75) is 4.90 Å². The predicted octanol–water partition coefficient (Wildman–Crippen LogP) is 3.30. The summed E-state index contributed by atoms with van der Waals surface area (Å²) in [6.07, 6.45) is 0. The smallest absolute Gasteiger partial charge is 0.265 e. The molecule has 0 amide bonds. The van der Waals surface area contributed by atoms with Crippen LogP contribution >= 0.6 is 11.6 Å². The first-order chi connectivity index (χ1) is 10.4. The van der Waals surface area contributed by atoms with Crippen LogP contribution in [-0.4, -0.2) is 22.6 Å². The predicted molar refractivity (Wildman–Crippen MR) is 81.8 cm³/mol. The molecule has 0 aromatic heterocycles. The largest absolute Gasteiger partial charge is 0.497 e. The monoisotopic (exact) mass is 345 g/mol. The lowest BCUT2D eigenvalue weighted by molar-refractivity contribution is 0.392. The summed E-state index contributed by atoms with van der Waals surface area (Å²) in [7, 11) is -1.34. The third-order valence-corrected chi connectivity index (χ3v) is 4.45. The summed E-state index contributed by atoms with van der Waals surface area (Å²) in [4.78, 5) is -0.172. The topological polar surface area (TPSA) is 64.6 Å². The van der Waals surface area contributed by atoms with Gasteiger partial charge in [0.05, 0.1) is 19.9 Å². The number of anilines is 1. The zero-order chi connectivity index (χ0) is 16.3. The van der Waals surface area contributed by atoms with E-state index in [0.29, 0.717) is 5.75 Å². The number of halogens is 2. The molecule has 2 rings (SSSR count). The number of sulfonamides is 1. The Morgan fingerprint density at radius 3 is 2.45 bits per heavy atom. The second-order valence-corrected chi connectivity index (χ2v) is 6.33. The van der Waals surface area contributed by atoms with E-state index in [9.17, 15) is 12.8 Å². The molecule has 5 nitrogen and oxygen atoms in total. The van der Waals surface area contributed by atoms with Gasteiger partial charge in [-0.25, -0.2) is 12.8 Å². The van der Waals surface area contributed by atoms with Gasteiger partial charge in [-0.1, -0.05) is 11.6 Å². The highest BCUT2D eigenvalue weighted by Crippen LogP contribution is 2.30. The van der Waals surface area contributed by atoms with Crippen molar-refractivity contribution in [2.24, 2.45) is 0 Å². The first kappa shape index (κ1) is 16.4. The number of hydrogen-bond donors (Lipinski definition) is 1. The van der Waals surface area contributed by atoms with Crippen molar-refractivity contribution >= 4 is 27.3 Å². The minimum absolute atomic E-state index is 0.107. The number of nitrogens with one attached hydrogen (secondary N) is 1. The summed E-state index contributed by atoms with van der Waals surface area (Å²) >= 11 is 5.75. The van der Waals surface area contributed by atoms with Crippen molar-refractivity contribution < 1.29 is 22.3 Å². The van der Waals surface area contributed by atoms with Crippen LogP contribution in [0.1, 0.15) is 0 Å². The van der Waals surface area contributed by atoms with Gasteiger partial charge in [0.25, 0.3) is 10.0 Å². The van der Waals surface area contributed by atoms with Crippen LogP contribution in [-0.2, 0) is 10.0 Å². The van der Waals surface area contributed by atoms with Crippen molar-refractivity contribution in [2.75, 3.05) is 18.9 Å². The summed E-state index contributed by atoms with van der Waals surface area (Å²) in [6, 6.07) is 7.86. The van der Waals surface area contributed by atoms with Gasteiger partial charge in [0, 0.05) is 11.1 Å². The van der Waals surface area contributed by atoms with Gasteiger partial charge in [-0.3, -0.25) is 4.72 Å². The maximum absolute atomic E-state index is 13.7. The van der Waals surface area contributed by atoms with Crippen LogP contribution in [0.4, 0.5) is 10.1 Å². The van der Waals surface area contributed by atoms with E-state index in [1.54, 1.807) is 6.07 Å². The van der Waals surface area contributed by atoms with E-state index in [4.69, 9.17) is 21.1 Å². The molecule has 2 aromatic carbocycles. The van der Waals surface area contributed by atoms with Crippen molar-refractivity contribution in [3.8, 4) is 11.5 Å². The van der Waals surface area contributed by atoms with Gasteiger partial charge in [0.2, 0.25) is 0 Å². The van der Waals surface area contributed by atoms with Gasteiger partial charge >= 0.3 is 0 Å². The van der Waals surface area contributed by atoms with E-state index in [1.807, 2.05) is 0 Å². The molecule has 22 heavy (non-hydrogen) atoms. The second kappa shape index (κ2) is 6.41. The highest BCUT2D eigenvalue weighted by molar-refractivity contribution is 7.92. The molecule has 0 aliphatic carbocycles. The molecule has 0 saturated carbocycles. The molecule has 0 aliphatic heterocycles. The third-order valence-electron chi connectivity index (χ3n) is 2.83. The molecule has 1 N–H and O–H groups in total. The standard InChI is InChI=1S/C14H13ClFNO4S/c1-20-10-4-6-13(21-2)14(8-10)22(18,19)17-12-7-9(15)3-5-11(12)16/h3-8,17H,1-2H3. The molecule has 0 aliphatic rings. The van der Waals surface area contributed by atoms with Crippen molar-refractivity contribution in [3.63, 3.8) is 0 Å². The fourth-order valence-electron chi connectivity index (χ4n) is 1.77. The highest BCUT2D eigenvalue weighted by Gasteiger charge is 2.22. The quantitative estimate of drug-likeness (QED) is 0.903. The Bertz CT molecular complexity index is 795. The summed E-state index contributed by atoms with van der Waals surface area (Å²) in [5.74, 6) is -0.307. The fourth-order valence-corrected chi connectivity index (χ4v) is 3.18. The maximum atomic E-state index is 13.7. The van der Waals surface area contributed by atoms with Crippen LogP contribution < -0.4 is 14.2 Å². The second-order valence-electron chi connectivity index (χ2n) is 4.25. The molecular formula is C14H13ClFNO4S. The molecule has 0 spiro atoms. The van der Waals surface area contributed by atoms with E-state index in [2.05, 4.69) is 4.72 Å². The minimum Gasteiger partial charge on any atom is -0.497 e. The Hall–Kier alpha value is -1.99. The SMILES string of the molecule is COc1ccc(OC)c(S(=O)(=O)Nc2cc(Cl)ccc2F)c1. The average Bonchev–Trinajstić information content (AvgIpc) is 2.50. The molecule has 2 aromatic rings. The van der Waals surface area contributed by atoms with E-state index in [-0.39, 0.29) is 21.4 Å². The van der Waals surface area contributed by atoms with Crippen molar-refractivity contribution in [1.82, 2.24) is 0 Å². The lowest BCUT2D eigenvalue weighted by Crippen LogP contribution is -2.15. The molecule has 0 saturated heterocycles. The molecule has 0 atom stereocenters. The molecule has 0 bridgehead atoms. The maximum Gasteiger partial charge on any atom is 0.265 e. The average molecular weight is 346 g/mol. The van der Waals surface area contributed by atoms with Crippen LogP contribution in [0.25, 0.3) is 0 Å². The van der Waals surface area contributed by atoms with Gasteiger partial charge in [-0.05, 0) is 30.3 Å². The van der Waals surface area contributed by atoms with E-state index < -0.39 is 15.8 Å². The normalized spacial score (nSPS) is 11.1. The molecule has 118 valence electrons. The molecule has 0 unspecified atom stereocenters. The van der Waals surface area contributed by atoms with Gasteiger partial charge in [0.1, 0.15) is 22.2 Å². The summed E-state index contributed by atoms with van der Waals surface area (Å²) in [5, 5.41) is 0.205. The number of methoxy groups -OCH3 is 2. The number of hydrogen-bond acceptors (Lipinski definition) is 4. The molecule has 0 fully saturated rings. The van der Waals surface area contributed by atoms with Crippen molar-refractivity contribution in [1.29, 1.82) is 0 Å². The summed E-state index contributed by atoms with van der Waals surface area (Å²) in [6.45, 7) is 0. The Labute approximate surface area is 132 Å². The number of rotatable bonds is 5. The van der Waals surface area contributed by atoms with Crippen LogP contribution in [0.2, 0.25) is 5.02 Å². The number of benzene rings is 2. The lowest BCUT2D eigenvalue weighted by atomic mass is 10.3. The van der Waals surface area contributed by atoms with E-state index >= 15 is 0 Å². The lowest BCUT2D eigenvalue weighted by Gasteiger charge is -2.13. The van der Waals surface area contributed by atoms with Crippen molar-refractivity contribution in [3.05, 3.63) is 47.2 Å². The molecule has 8 heteroatoms. The Morgan fingerprint density at radius 2 is 1.82 bits per heavy atom. The third kappa shape index (κ3) is 3.42. The van der Waals surface area contributed by atoms with Gasteiger partial charge < -0.3 is 9.47 Å². The molecular weight excluding hydrogens is 333 g/mol. The fraction of sp³-hybridized carbons (Fsp3) is 0.143. The molecule has 0 heterocycles. The summed E-state index contributed by atoms with van der Waals surface area (Å²) in [5.41, 5.74) is -0.252. The minimum atomic E-state index is -4.08. The van der Waals surface area contributed by atoms with E-state index in [0.717, 1.165) is 6.07 Å². The van der Waals surface area contributed by atoms with Crippen LogP contribution in [0, 0.1) is 5.82 Å². The van der Waals surface area contributed by atoms with Gasteiger partial charge in [0.15, 0.2) is 0 Å². The Balaban J connectivity index is 2.48. The highest BCUT2D eigenvalue weighted by atomic mass is 35.5. The van der Waals surface area contributed by atoms with Crippen LogP contribution in [0.15, 0.2) is 41.3 Å². The van der Waals surface area contributed by atoms with Gasteiger partial charge in [-0.15, -0.1) is 0 Å². The van der Waals surface area contributed by atoms with Gasteiger partial charge in [-0.2, -0.15) is 0 Å². The summed E-state index contributed by atoms with van der Waals surface area (Å²) < 4.78 is 50.8. The van der Waals surface area contributed by atoms with E-state index in [1.165, 1.54) is 38.5 Å².